The Morgan fingerprint density at radius 2 is 2.04 bits per heavy atom. The summed E-state index contributed by atoms with van der Waals surface area (Å²) < 4.78 is 25.0. The molecule has 1 aliphatic heterocycles. The SMILES string of the molecule is O=C(NCc1cc(Cl)c2c(c1)OCCCO2)c1ccc(Br)c(F)c1. The standard InChI is InChI=1S/C17H14BrClFNO3/c18-12-3-2-11(8-14(12)20)17(22)21-9-10-6-13(19)16-15(7-10)23-4-1-5-24-16/h2-3,6-8H,1,4-5,9H2,(H,21,22). The van der Waals surface area contributed by atoms with Crippen molar-refractivity contribution in [2.75, 3.05) is 13.2 Å². The molecule has 24 heavy (non-hydrogen) atoms. The highest BCUT2D eigenvalue weighted by Gasteiger charge is 2.16. The first-order valence-electron chi connectivity index (χ1n) is 7.36. The number of carbonyl (C=O) groups is 1. The second kappa shape index (κ2) is 7.40. The van der Waals surface area contributed by atoms with E-state index in [0.29, 0.717) is 34.2 Å². The van der Waals surface area contributed by atoms with Crippen LogP contribution < -0.4 is 14.8 Å². The van der Waals surface area contributed by atoms with Gasteiger partial charge < -0.3 is 14.8 Å². The smallest absolute Gasteiger partial charge is 0.251 e. The molecule has 0 aliphatic carbocycles. The zero-order valence-corrected chi connectivity index (χ0v) is 14.9. The van der Waals surface area contributed by atoms with Crippen LogP contribution in [0.25, 0.3) is 0 Å². The highest BCUT2D eigenvalue weighted by atomic mass is 79.9. The van der Waals surface area contributed by atoms with Gasteiger partial charge in [-0.2, -0.15) is 0 Å². The third-order valence-corrected chi connectivity index (χ3v) is 4.42. The molecule has 0 bridgehead atoms. The molecule has 2 aromatic rings. The van der Waals surface area contributed by atoms with Crippen LogP contribution in [0.4, 0.5) is 4.39 Å². The number of hydrogen-bond donors (Lipinski definition) is 1. The zero-order valence-electron chi connectivity index (χ0n) is 12.6. The van der Waals surface area contributed by atoms with Crippen LogP contribution in [-0.4, -0.2) is 19.1 Å². The number of halogens is 3. The predicted octanol–water partition coefficient (Wildman–Crippen LogP) is 4.33. The van der Waals surface area contributed by atoms with Gasteiger partial charge in [0.05, 0.1) is 22.7 Å². The number of ether oxygens (including phenoxy) is 2. The highest BCUT2D eigenvalue weighted by Crippen LogP contribution is 2.37. The second-order valence-corrected chi connectivity index (χ2v) is 6.53. The van der Waals surface area contributed by atoms with Crippen molar-refractivity contribution >= 4 is 33.4 Å². The van der Waals surface area contributed by atoms with Gasteiger partial charge in [-0.25, -0.2) is 4.39 Å². The van der Waals surface area contributed by atoms with Gasteiger partial charge in [0, 0.05) is 18.5 Å². The lowest BCUT2D eigenvalue weighted by molar-refractivity contribution is 0.0950. The molecule has 0 unspecified atom stereocenters. The number of hydrogen-bond acceptors (Lipinski definition) is 3. The molecule has 1 aliphatic rings. The number of amides is 1. The molecule has 7 heteroatoms. The number of benzene rings is 2. The summed E-state index contributed by atoms with van der Waals surface area (Å²) in [7, 11) is 0. The normalized spacial score (nSPS) is 13.3. The van der Waals surface area contributed by atoms with E-state index < -0.39 is 5.82 Å². The van der Waals surface area contributed by atoms with Crippen molar-refractivity contribution in [1.29, 1.82) is 0 Å². The Kier molecular flexibility index (Phi) is 5.26. The first kappa shape index (κ1) is 17.0. The number of carbonyl (C=O) groups excluding carboxylic acids is 1. The van der Waals surface area contributed by atoms with E-state index in [-0.39, 0.29) is 18.0 Å². The van der Waals surface area contributed by atoms with Crippen molar-refractivity contribution in [1.82, 2.24) is 5.32 Å². The molecule has 0 saturated heterocycles. The monoisotopic (exact) mass is 413 g/mol. The minimum Gasteiger partial charge on any atom is -0.489 e. The molecule has 2 aromatic carbocycles. The Balaban J connectivity index is 1.72. The number of nitrogens with one attached hydrogen (secondary N) is 1. The predicted molar refractivity (Wildman–Crippen MR) is 92.3 cm³/mol. The summed E-state index contributed by atoms with van der Waals surface area (Å²) in [4.78, 5) is 12.1. The first-order chi connectivity index (χ1) is 11.5. The number of fused-ring (bicyclic) bond motifs is 1. The molecule has 0 spiro atoms. The van der Waals surface area contributed by atoms with Crippen LogP contribution in [0, 0.1) is 5.82 Å². The third kappa shape index (κ3) is 3.82. The summed E-state index contributed by atoms with van der Waals surface area (Å²) in [5, 5.41) is 3.17. The van der Waals surface area contributed by atoms with Crippen molar-refractivity contribution in [2.24, 2.45) is 0 Å². The molecule has 0 saturated carbocycles. The average molecular weight is 415 g/mol. The van der Waals surface area contributed by atoms with Crippen LogP contribution in [-0.2, 0) is 6.54 Å². The molecule has 1 N–H and O–H groups in total. The van der Waals surface area contributed by atoms with Crippen LogP contribution in [0.5, 0.6) is 11.5 Å². The third-order valence-electron chi connectivity index (χ3n) is 3.50. The minimum atomic E-state index is -0.485. The van der Waals surface area contributed by atoms with Crippen molar-refractivity contribution in [3.63, 3.8) is 0 Å². The molecule has 126 valence electrons. The van der Waals surface area contributed by atoms with E-state index in [2.05, 4.69) is 21.2 Å². The molecule has 0 atom stereocenters. The van der Waals surface area contributed by atoms with Gasteiger partial charge in [-0.15, -0.1) is 0 Å². The maximum absolute atomic E-state index is 13.5. The molecule has 0 radical (unpaired) electrons. The van der Waals surface area contributed by atoms with Gasteiger partial charge in [0.1, 0.15) is 5.82 Å². The van der Waals surface area contributed by atoms with Gasteiger partial charge in [0.15, 0.2) is 11.5 Å². The van der Waals surface area contributed by atoms with Crippen LogP contribution in [0.1, 0.15) is 22.3 Å². The fourth-order valence-electron chi connectivity index (χ4n) is 2.31. The molecule has 1 amide bonds. The molecule has 1 heterocycles. The van der Waals surface area contributed by atoms with E-state index in [4.69, 9.17) is 21.1 Å². The average Bonchev–Trinajstić information content (AvgIpc) is 2.81. The molecular weight excluding hydrogens is 401 g/mol. The van der Waals surface area contributed by atoms with Crippen molar-refractivity contribution in [3.05, 3.63) is 56.8 Å². The zero-order chi connectivity index (χ0) is 17.1. The summed E-state index contributed by atoms with van der Waals surface area (Å²) in [6.07, 6.45) is 0.784. The molecule has 3 rings (SSSR count). The summed E-state index contributed by atoms with van der Waals surface area (Å²) in [6, 6.07) is 7.73. The summed E-state index contributed by atoms with van der Waals surface area (Å²) in [6.45, 7) is 1.35. The Labute approximate surface area is 152 Å². The minimum absolute atomic E-state index is 0.243. The number of rotatable bonds is 3. The van der Waals surface area contributed by atoms with E-state index in [0.717, 1.165) is 12.0 Å². The first-order valence-corrected chi connectivity index (χ1v) is 8.53. The van der Waals surface area contributed by atoms with E-state index in [1.807, 2.05) is 0 Å². The summed E-state index contributed by atoms with van der Waals surface area (Å²) in [5.74, 6) is 0.240. The maximum Gasteiger partial charge on any atom is 0.251 e. The summed E-state index contributed by atoms with van der Waals surface area (Å²) >= 11 is 9.27. The van der Waals surface area contributed by atoms with Gasteiger partial charge in [-0.05, 0) is 51.8 Å². The van der Waals surface area contributed by atoms with E-state index >= 15 is 0 Å². The topological polar surface area (TPSA) is 47.6 Å². The van der Waals surface area contributed by atoms with Crippen LogP contribution >= 0.6 is 27.5 Å². The van der Waals surface area contributed by atoms with Crippen molar-refractivity contribution in [2.45, 2.75) is 13.0 Å². The van der Waals surface area contributed by atoms with E-state index in [1.54, 1.807) is 18.2 Å². The lowest BCUT2D eigenvalue weighted by Crippen LogP contribution is -2.23. The Hall–Kier alpha value is -1.79. The van der Waals surface area contributed by atoms with Gasteiger partial charge in [-0.1, -0.05) is 11.6 Å². The van der Waals surface area contributed by atoms with Gasteiger partial charge in [0.25, 0.3) is 5.91 Å². The fourth-order valence-corrected chi connectivity index (χ4v) is 2.84. The van der Waals surface area contributed by atoms with Gasteiger partial charge in [-0.3, -0.25) is 4.79 Å². The Morgan fingerprint density at radius 3 is 2.83 bits per heavy atom. The molecule has 0 fully saturated rings. The van der Waals surface area contributed by atoms with Crippen molar-refractivity contribution < 1.29 is 18.7 Å². The molecular formula is C17H14BrClFNO3. The lowest BCUT2D eigenvalue weighted by Gasteiger charge is -2.12. The highest BCUT2D eigenvalue weighted by molar-refractivity contribution is 9.10. The fraction of sp³-hybridized carbons (Fsp3) is 0.235. The Morgan fingerprint density at radius 1 is 1.25 bits per heavy atom. The van der Waals surface area contributed by atoms with Gasteiger partial charge >= 0.3 is 0 Å². The van der Waals surface area contributed by atoms with Crippen LogP contribution in [0.15, 0.2) is 34.8 Å². The largest absolute Gasteiger partial charge is 0.489 e. The van der Waals surface area contributed by atoms with Gasteiger partial charge in [0.2, 0.25) is 0 Å². The van der Waals surface area contributed by atoms with Crippen LogP contribution in [0.3, 0.4) is 0 Å². The second-order valence-electron chi connectivity index (χ2n) is 5.27. The Bertz CT molecular complexity index is 785. The van der Waals surface area contributed by atoms with E-state index in [1.165, 1.54) is 12.1 Å². The van der Waals surface area contributed by atoms with Crippen molar-refractivity contribution in [3.8, 4) is 11.5 Å². The summed E-state index contributed by atoms with van der Waals surface area (Å²) in [5.41, 5.74) is 1.02. The quantitative estimate of drug-likeness (QED) is 0.813. The molecule has 0 aromatic heterocycles. The molecule has 4 nitrogen and oxygen atoms in total. The maximum atomic E-state index is 13.5. The van der Waals surface area contributed by atoms with E-state index in [9.17, 15) is 9.18 Å². The lowest BCUT2D eigenvalue weighted by atomic mass is 10.1. The van der Waals surface area contributed by atoms with Crippen LogP contribution in [0.2, 0.25) is 5.02 Å².